The number of hydrogen-bond acceptors (Lipinski definition) is 2. The average molecular weight is 184 g/mol. The van der Waals surface area contributed by atoms with E-state index in [2.05, 4.69) is 9.97 Å². The van der Waals surface area contributed by atoms with Gasteiger partial charge in [0, 0.05) is 11.8 Å². The zero-order valence-corrected chi connectivity index (χ0v) is 7.87. The predicted molar refractivity (Wildman–Crippen MR) is 56.6 cm³/mol. The Morgan fingerprint density at radius 3 is 3.00 bits per heavy atom. The van der Waals surface area contributed by atoms with Crippen molar-refractivity contribution in [1.82, 2.24) is 9.97 Å². The largest absolute Gasteiger partial charge is 0.320 e. The molecule has 14 heavy (non-hydrogen) atoms. The molecule has 0 aliphatic carbocycles. The molecule has 2 aromatic rings. The van der Waals surface area contributed by atoms with Crippen LogP contribution in [0, 0.1) is 6.92 Å². The molecule has 0 aromatic carbocycles. The molecule has 0 spiro atoms. The maximum absolute atomic E-state index is 11.3. The second-order valence-corrected chi connectivity index (χ2v) is 3.26. The molecule has 0 unspecified atom stereocenters. The summed E-state index contributed by atoms with van der Waals surface area (Å²) in [7, 11) is 5.48. The van der Waals surface area contributed by atoms with Gasteiger partial charge in [-0.1, -0.05) is 6.32 Å². The Bertz CT molecular complexity index is 533. The maximum Gasteiger partial charge on any atom is 0.251 e. The van der Waals surface area contributed by atoms with Gasteiger partial charge >= 0.3 is 0 Å². The summed E-state index contributed by atoms with van der Waals surface area (Å²) in [4.78, 5) is 18.3. The normalized spacial score (nSPS) is 10.6. The summed E-state index contributed by atoms with van der Waals surface area (Å²) >= 11 is 0. The molecule has 2 aromatic heterocycles. The summed E-state index contributed by atoms with van der Waals surface area (Å²) in [5.41, 5.74) is 3.04. The van der Waals surface area contributed by atoms with E-state index in [1.165, 1.54) is 0 Å². The smallest absolute Gasteiger partial charge is 0.251 e. The van der Waals surface area contributed by atoms with Crippen LogP contribution >= 0.6 is 0 Å². The number of rotatable bonds is 1. The van der Waals surface area contributed by atoms with E-state index in [0.29, 0.717) is 11.9 Å². The predicted octanol–water partition coefficient (Wildman–Crippen LogP) is 0.900. The van der Waals surface area contributed by atoms with Crippen molar-refractivity contribution >= 4 is 18.9 Å². The van der Waals surface area contributed by atoms with Gasteiger partial charge < -0.3 is 4.98 Å². The highest BCUT2D eigenvalue weighted by Crippen LogP contribution is 2.09. The molecule has 2 radical (unpaired) electrons. The molecule has 2 rings (SSSR count). The van der Waals surface area contributed by atoms with Crippen LogP contribution in [-0.2, 0) is 6.32 Å². The lowest BCUT2D eigenvalue weighted by Gasteiger charge is -2.00. The minimum atomic E-state index is -0.0755. The zero-order chi connectivity index (χ0) is 10.1. The monoisotopic (exact) mass is 184 g/mol. The Hall–Kier alpha value is -1.58. The lowest BCUT2D eigenvalue weighted by Crippen LogP contribution is -2.09. The van der Waals surface area contributed by atoms with Crippen molar-refractivity contribution in [2.45, 2.75) is 13.2 Å². The third-order valence-electron chi connectivity index (χ3n) is 2.17. The Kier molecular flexibility index (Phi) is 2.12. The molecule has 1 N–H and O–H groups in total. The lowest BCUT2D eigenvalue weighted by molar-refractivity contribution is 1.20. The van der Waals surface area contributed by atoms with Crippen molar-refractivity contribution < 1.29 is 0 Å². The van der Waals surface area contributed by atoms with Gasteiger partial charge in [-0.3, -0.25) is 9.78 Å². The third-order valence-corrected chi connectivity index (χ3v) is 2.17. The van der Waals surface area contributed by atoms with Crippen LogP contribution in [0.4, 0.5) is 0 Å². The van der Waals surface area contributed by atoms with Crippen molar-refractivity contribution in [3.05, 3.63) is 39.8 Å². The highest BCUT2D eigenvalue weighted by atomic mass is 16.1. The first-order valence-electron chi connectivity index (χ1n) is 4.39. The quantitative estimate of drug-likeness (QED) is 0.669. The molecule has 0 aliphatic heterocycles. The number of aromatic amines is 1. The van der Waals surface area contributed by atoms with Crippen LogP contribution in [0.2, 0.25) is 0 Å². The first kappa shape index (κ1) is 9.00. The van der Waals surface area contributed by atoms with E-state index in [9.17, 15) is 4.79 Å². The van der Waals surface area contributed by atoms with E-state index in [1.54, 1.807) is 19.2 Å². The van der Waals surface area contributed by atoms with Gasteiger partial charge in [-0.25, -0.2) is 0 Å². The molecule has 0 aliphatic rings. The molecule has 4 heteroatoms. The lowest BCUT2D eigenvalue weighted by atomic mass is 9.98. The van der Waals surface area contributed by atoms with Gasteiger partial charge in [0.05, 0.1) is 18.9 Å². The molecule has 0 fully saturated rings. The summed E-state index contributed by atoms with van der Waals surface area (Å²) < 4.78 is 0. The topological polar surface area (TPSA) is 45.8 Å². The summed E-state index contributed by atoms with van der Waals surface area (Å²) in [6, 6.07) is 3.62. The minimum absolute atomic E-state index is 0.0755. The molecule has 0 saturated carbocycles. The molecule has 3 nitrogen and oxygen atoms in total. The fraction of sp³-hybridized carbons (Fsp3) is 0.200. The van der Waals surface area contributed by atoms with Gasteiger partial charge in [0.1, 0.15) is 0 Å². The molecule has 68 valence electrons. The number of hydrogen-bond donors (Lipinski definition) is 1. The number of fused-ring (bicyclic) bond motifs is 1. The number of nitrogens with one attached hydrogen (secondary N) is 1. The van der Waals surface area contributed by atoms with Crippen LogP contribution in [-0.4, -0.2) is 17.8 Å². The number of H-pyrrole nitrogens is 1. The van der Waals surface area contributed by atoms with E-state index in [1.807, 2.05) is 6.07 Å². The Morgan fingerprint density at radius 2 is 2.29 bits per heavy atom. The summed E-state index contributed by atoms with van der Waals surface area (Å²) in [5, 5.41) is 0. The van der Waals surface area contributed by atoms with Crippen molar-refractivity contribution in [2.24, 2.45) is 0 Å². The van der Waals surface area contributed by atoms with Crippen LogP contribution in [0.25, 0.3) is 11.0 Å². The Morgan fingerprint density at radius 1 is 1.50 bits per heavy atom. The van der Waals surface area contributed by atoms with E-state index < -0.39 is 0 Å². The SMILES string of the molecule is [B]Cc1cnc2cc(C)c(=O)[nH]c2c1. The molecule has 0 saturated heterocycles. The fourth-order valence-electron chi connectivity index (χ4n) is 1.34. The van der Waals surface area contributed by atoms with Crippen molar-refractivity contribution in [1.29, 1.82) is 0 Å². The van der Waals surface area contributed by atoms with Gasteiger partial charge in [0.15, 0.2) is 0 Å². The van der Waals surface area contributed by atoms with Crippen molar-refractivity contribution in [3.8, 4) is 0 Å². The summed E-state index contributed by atoms with van der Waals surface area (Å²) in [5.74, 6) is 0. The third kappa shape index (κ3) is 1.43. The molecule has 0 amide bonds. The first-order valence-corrected chi connectivity index (χ1v) is 4.39. The Balaban J connectivity index is 2.77. The van der Waals surface area contributed by atoms with Crippen molar-refractivity contribution in [2.75, 3.05) is 0 Å². The first-order chi connectivity index (χ1) is 6.70. The zero-order valence-electron chi connectivity index (χ0n) is 7.87. The maximum atomic E-state index is 11.3. The summed E-state index contributed by atoms with van der Waals surface area (Å²) in [6.45, 7) is 1.76. The number of nitrogens with zero attached hydrogens (tertiary/aromatic N) is 1. The van der Waals surface area contributed by atoms with E-state index in [4.69, 9.17) is 7.85 Å². The van der Waals surface area contributed by atoms with Crippen molar-refractivity contribution in [3.63, 3.8) is 0 Å². The Labute approximate surface area is 82.6 Å². The molecule has 0 atom stereocenters. The van der Waals surface area contributed by atoms with Gasteiger partial charge in [-0.15, -0.1) is 0 Å². The molecule has 2 heterocycles. The average Bonchev–Trinajstić information content (AvgIpc) is 2.19. The van der Waals surface area contributed by atoms with Crippen LogP contribution < -0.4 is 5.56 Å². The number of pyridine rings is 2. The second kappa shape index (κ2) is 3.29. The van der Waals surface area contributed by atoms with Crippen LogP contribution in [0.1, 0.15) is 11.1 Å². The number of aromatic nitrogens is 2. The minimum Gasteiger partial charge on any atom is -0.320 e. The van der Waals surface area contributed by atoms with Crippen LogP contribution in [0.15, 0.2) is 23.1 Å². The molecular formula is C10H9BN2O. The molecule has 0 bridgehead atoms. The molecular weight excluding hydrogens is 175 g/mol. The van der Waals surface area contributed by atoms with Crippen LogP contribution in [0.5, 0.6) is 0 Å². The fourth-order valence-corrected chi connectivity index (χ4v) is 1.34. The van der Waals surface area contributed by atoms with Gasteiger partial charge in [-0.2, -0.15) is 0 Å². The van der Waals surface area contributed by atoms with E-state index >= 15 is 0 Å². The van der Waals surface area contributed by atoms with Gasteiger partial charge in [0.2, 0.25) is 0 Å². The van der Waals surface area contributed by atoms with E-state index in [-0.39, 0.29) is 5.56 Å². The van der Waals surface area contributed by atoms with Crippen LogP contribution in [0.3, 0.4) is 0 Å². The van der Waals surface area contributed by atoms with Gasteiger partial charge in [0.25, 0.3) is 5.56 Å². The second-order valence-electron chi connectivity index (χ2n) is 3.26. The van der Waals surface area contributed by atoms with E-state index in [0.717, 1.165) is 16.6 Å². The highest BCUT2D eigenvalue weighted by Gasteiger charge is 2.00. The standard InChI is InChI=1S/C10H9BN2O/c1-6-2-8-9(13-10(6)14)3-7(4-11)5-12-8/h2-3,5H,4H2,1H3,(H,13,14). The number of aryl methyl sites for hydroxylation is 1. The van der Waals surface area contributed by atoms with Gasteiger partial charge in [-0.05, 0) is 24.6 Å². The highest BCUT2D eigenvalue weighted by molar-refractivity contribution is 6.08. The summed E-state index contributed by atoms with van der Waals surface area (Å²) in [6.07, 6.45) is 2.15.